The summed E-state index contributed by atoms with van der Waals surface area (Å²) in [6, 6.07) is 11.6. The second-order valence-electron chi connectivity index (χ2n) is 6.38. The smallest absolute Gasteiger partial charge is 0.271 e. The summed E-state index contributed by atoms with van der Waals surface area (Å²) in [4.78, 5) is 40.3. The van der Waals surface area contributed by atoms with Gasteiger partial charge in [-0.05, 0) is 30.2 Å². The van der Waals surface area contributed by atoms with Crippen molar-refractivity contribution in [3.63, 3.8) is 0 Å². The van der Waals surface area contributed by atoms with Crippen LogP contribution >= 0.6 is 24.0 Å². The van der Waals surface area contributed by atoms with E-state index >= 15 is 0 Å². The Kier molecular flexibility index (Phi) is 4.32. The summed E-state index contributed by atoms with van der Waals surface area (Å²) in [6.45, 7) is 1.75. The number of hydrogen-bond donors (Lipinski definition) is 0. The first-order valence-electron chi connectivity index (χ1n) is 8.31. The first-order valence-corrected chi connectivity index (χ1v) is 9.53. The summed E-state index contributed by atoms with van der Waals surface area (Å²) < 4.78 is 0.242. The summed E-state index contributed by atoms with van der Waals surface area (Å²) in [7, 11) is 1.66. The molecule has 0 aliphatic carbocycles. The van der Waals surface area contributed by atoms with Crippen molar-refractivity contribution in [1.29, 1.82) is 0 Å². The van der Waals surface area contributed by atoms with E-state index in [1.165, 1.54) is 21.9 Å². The van der Waals surface area contributed by atoms with Crippen molar-refractivity contribution in [2.24, 2.45) is 0 Å². The second-order valence-corrected chi connectivity index (χ2v) is 8.03. The predicted molar refractivity (Wildman–Crippen MR) is 110 cm³/mol. The molecule has 0 spiro atoms. The number of para-hydroxylation sites is 1. The highest BCUT2D eigenvalue weighted by molar-refractivity contribution is 8.27. The van der Waals surface area contributed by atoms with Gasteiger partial charge in [-0.25, -0.2) is 0 Å². The van der Waals surface area contributed by atoms with E-state index in [-0.39, 0.29) is 20.7 Å². The van der Waals surface area contributed by atoms with Crippen LogP contribution in [0.25, 0.3) is 5.57 Å². The molecule has 2 aromatic carbocycles. The zero-order chi connectivity index (χ0) is 20.2. The van der Waals surface area contributed by atoms with E-state index < -0.39 is 11.9 Å². The first-order chi connectivity index (χ1) is 13.3. The largest absolute Gasteiger partial charge is 0.545 e. The molecule has 0 atom stereocenters. The molecule has 28 heavy (non-hydrogen) atoms. The topological polar surface area (TPSA) is 80.7 Å². The molecule has 2 heterocycles. The van der Waals surface area contributed by atoms with Crippen LogP contribution in [0.1, 0.15) is 21.5 Å². The lowest BCUT2D eigenvalue weighted by Crippen LogP contribution is -2.30. The fourth-order valence-electron chi connectivity index (χ4n) is 3.29. The number of likely N-dealkylation sites (N-methyl/N-ethyl adjacent to an activating group) is 1. The van der Waals surface area contributed by atoms with Gasteiger partial charge in [-0.2, -0.15) is 0 Å². The molecule has 140 valence electrons. The normalized spacial score (nSPS) is 18.9. The molecule has 0 aromatic heterocycles. The van der Waals surface area contributed by atoms with Crippen molar-refractivity contribution in [3.8, 4) is 0 Å². The van der Waals surface area contributed by atoms with Crippen LogP contribution in [0.3, 0.4) is 0 Å². The number of aryl methyl sites for hydroxylation is 1. The Balaban J connectivity index is 1.86. The highest BCUT2D eigenvalue weighted by atomic mass is 32.2. The Morgan fingerprint density at radius 2 is 1.79 bits per heavy atom. The van der Waals surface area contributed by atoms with Gasteiger partial charge in [0.15, 0.2) is 4.32 Å². The maximum atomic E-state index is 13.2. The number of fused-ring (bicyclic) bond motifs is 1. The summed E-state index contributed by atoms with van der Waals surface area (Å²) in [6.07, 6.45) is 0. The van der Waals surface area contributed by atoms with E-state index in [4.69, 9.17) is 12.2 Å². The molecule has 2 amide bonds. The summed E-state index contributed by atoms with van der Waals surface area (Å²) in [5.41, 5.74) is 2.71. The summed E-state index contributed by atoms with van der Waals surface area (Å²) in [5.74, 6) is -2.06. The molecule has 2 aliphatic rings. The predicted octanol–water partition coefficient (Wildman–Crippen LogP) is 2.11. The number of anilines is 2. The standard InChI is InChI=1S/C20H14N2O4S2/c1-10-7-8-11(19(25)26)9-14(10)22-18(24)16(28-20(22)27)15-12-5-3-4-6-13(12)21(2)17(15)23/h3-9H,1-2H3,(H,25,26)/p-1/b16-15-. The molecule has 0 bridgehead atoms. The molecule has 2 aliphatic heterocycles. The van der Waals surface area contributed by atoms with Crippen LogP contribution in [0.2, 0.25) is 0 Å². The molecular formula is C20H13N2O4S2-. The SMILES string of the molecule is Cc1ccc(C(=O)[O-])cc1N1C(=O)/C(=C2/C(=O)N(C)c3ccccc32)SC1=S. The Morgan fingerprint density at radius 1 is 1.07 bits per heavy atom. The van der Waals surface area contributed by atoms with E-state index in [0.717, 1.165) is 17.4 Å². The van der Waals surface area contributed by atoms with E-state index in [0.29, 0.717) is 22.4 Å². The maximum Gasteiger partial charge on any atom is 0.271 e. The highest BCUT2D eigenvalue weighted by Gasteiger charge is 2.41. The molecule has 0 unspecified atom stereocenters. The Hall–Kier alpha value is -2.97. The number of amides is 2. The van der Waals surface area contributed by atoms with E-state index in [9.17, 15) is 19.5 Å². The van der Waals surface area contributed by atoms with Gasteiger partial charge >= 0.3 is 0 Å². The Labute approximate surface area is 170 Å². The van der Waals surface area contributed by atoms with Crippen molar-refractivity contribution < 1.29 is 19.5 Å². The van der Waals surface area contributed by atoms with Gasteiger partial charge in [0.05, 0.1) is 27.8 Å². The van der Waals surface area contributed by atoms with Gasteiger partial charge in [0.1, 0.15) is 0 Å². The van der Waals surface area contributed by atoms with Crippen LogP contribution in [0.15, 0.2) is 47.4 Å². The van der Waals surface area contributed by atoms with Crippen LogP contribution in [0, 0.1) is 6.92 Å². The number of rotatable bonds is 2. The molecule has 0 radical (unpaired) electrons. The number of carboxylic acids is 1. The third kappa shape index (κ3) is 2.64. The summed E-state index contributed by atoms with van der Waals surface area (Å²) >= 11 is 6.44. The minimum absolute atomic E-state index is 0.0516. The van der Waals surface area contributed by atoms with Gasteiger partial charge < -0.3 is 14.8 Å². The third-order valence-electron chi connectivity index (χ3n) is 4.74. The number of carbonyl (C=O) groups excluding carboxylic acids is 3. The van der Waals surface area contributed by atoms with Gasteiger partial charge in [-0.15, -0.1) is 0 Å². The Bertz CT molecular complexity index is 1120. The maximum absolute atomic E-state index is 13.2. The average molecular weight is 409 g/mol. The lowest BCUT2D eigenvalue weighted by atomic mass is 10.1. The van der Waals surface area contributed by atoms with Gasteiger partial charge in [0, 0.05) is 12.6 Å². The van der Waals surface area contributed by atoms with Crippen molar-refractivity contribution in [2.45, 2.75) is 6.92 Å². The number of thioether (sulfide) groups is 1. The first kappa shape index (κ1) is 18.4. The van der Waals surface area contributed by atoms with Crippen molar-refractivity contribution in [3.05, 3.63) is 64.1 Å². The van der Waals surface area contributed by atoms with E-state index in [1.807, 2.05) is 12.1 Å². The summed E-state index contributed by atoms with van der Waals surface area (Å²) in [5, 5.41) is 11.2. The van der Waals surface area contributed by atoms with Gasteiger partial charge in [-0.3, -0.25) is 14.5 Å². The number of thiocarbonyl (C=S) groups is 1. The zero-order valence-electron chi connectivity index (χ0n) is 14.9. The fraction of sp³-hybridized carbons (Fsp3) is 0.100. The molecule has 6 nitrogen and oxygen atoms in total. The highest BCUT2D eigenvalue weighted by Crippen LogP contribution is 2.45. The third-order valence-corrected chi connectivity index (χ3v) is 6.11. The van der Waals surface area contributed by atoms with Crippen LogP contribution in [-0.2, 0) is 9.59 Å². The lowest BCUT2D eigenvalue weighted by molar-refractivity contribution is -0.255. The number of benzene rings is 2. The monoisotopic (exact) mass is 409 g/mol. The van der Waals surface area contributed by atoms with Gasteiger partial charge in [0.25, 0.3) is 11.8 Å². The molecular weight excluding hydrogens is 396 g/mol. The minimum Gasteiger partial charge on any atom is -0.545 e. The Morgan fingerprint density at radius 3 is 2.50 bits per heavy atom. The molecule has 1 fully saturated rings. The fourth-order valence-corrected chi connectivity index (χ4v) is 4.65. The molecule has 1 saturated heterocycles. The van der Waals surface area contributed by atoms with Crippen LogP contribution in [0.4, 0.5) is 11.4 Å². The van der Waals surface area contributed by atoms with E-state index in [2.05, 4.69) is 0 Å². The molecule has 0 N–H and O–H groups in total. The van der Waals surface area contributed by atoms with Crippen LogP contribution < -0.4 is 14.9 Å². The van der Waals surface area contributed by atoms with Crippen LogP contribution in [-0.4, -0.2) is 29.2 Å². The van der Waals surface area contributed by atoms with Crippen molar-refractivity contribution in [1.82, 2.24) is 0 Å². The van der Waals surface area contributed by atoms with Gasteiger partial charge in [-0.1, -0.05) is 54.3 Å². The number of carboxylic acid groups (broad SMARTS) is 1. The lowest BCUT2D eigenvalue weighted by Gasteiger charge is -2.18. The number of aromatic carboxylic acids is 1. The number of carbonyl (C=O) groups is 3. The minimum atomic E-state index is -1.34. The molecule has 0 saturated carbocycles. The second kappa shape index (κ2) is 6.57. The van der Waals surface area contributed by atoms with Gasteiger partial charge in [0.2, 0.25) is 0 Å². The number of hydrogen-bond acceptors (Lipinski definition) is 6. The van der Waals surface area contributed by atoms with Crippen molar-refractivity contribution in [2.75, 3.05) is 16.8 Å². The molecule has 2 aromatic rings. The number of nitrogens with zero attached hydrogens (tertiary/aromatic N) is 2. The zero-order valence-corrected chi connectivity index (χ0v) is 16.5. The quantitative estimate of drug-likeness (QED) is 0.558. The van der Waals surface area contributed by atoms with Crippen LogP contribution in [0.5, 0.6) is 0 Å². The van der Waals surface area contributed by atoms with Crippen molar-refractivity contribution >= 4 is 63.0 Å². The van der Waals surface area contributed by atoms with E-state index in [1.54, 1.807) is 32.2 Å². The molecule has 8 heteroatoms. The molecule has 4 rings (SSSR count). The average Bonchev–Trinajstić information content (AvgIpc) is 3.09.